The summed E-state index contributed by atoms with van der Waals surface area (Å²) >= 11 is 0. The standard InChI is InChI=1S/C18H36O2.Al.H2O5Si2.3H/c1-2-3-4-5-6-7-8-9-10-11-12-13-14-15-16-17-18(19)20;;1-6(2)5-7(3)4;;;/h2-17H2,1H3,(H,19,20);;1,3H;;;. The first-order chi connectivity index (χ1) is 12.9. The summed E-state index contributed by atoms with van der Waals surface area (Å²) in [4.78, 5) is 25.8. The lowest BCUT2D eigenvalue weighted by molar-refractivity contribution is -0.137. The molecular formula is C18H41AlO7Si2. The summed E-state index contributed by atoms with van der Waals surface area (Å²) in [5, 5.41) is 8.52. The maximum absolute atomic E-state index is 10.3. The van der Waals surface area contributed by atoms with E-state index < -0.39 is 24.3 Å². The predicted octanol–water partition coefficient (Wildman–Crippen LogP) is 2.97. The van der Waals surface area contributed by atoms with Crippen molar-refractivity contribution >= 4 is 41.7 Å². The molecule has 0 rings (SSSR count). The molecule has 0 aromatic rings. The Labute approximate surface area is 183 Å². The molecule has 10 heteroatoms. The molecule has 0 amide bonds. The maximum Gasteiger partial charge on any atom is 0.759 e. The van der Waals surface area contributed by atoms with Crippen LogP contribution in [-0.4, -0.2) is 56.4 Å². The van der Waals surface area contributed by atoms with E-state index in [1.54, 1.807) is 0 Å². The molecule has 0 heterocycles. The summed E-state index contributed by atoms with van der Waals surface area (Å²) in [5.74, 6) is -0.653. The van der Waals surface area contributed by atoms with Crippen LogP contribution in [0.1, 0.15) is 110 Å². The van der Waals surface area contributed by atoms with Gasteiger partial charge in [-0.25, -0.2) is 0 Å². The third-order valence-electron chi connectivity index (χ3n) is 4.17. The van der Waals surface area contributed by atoms with Crippen LogP contribution in [0.2, 0.25) is 0 Å². The van der Waals surface area contributed by atoms with Crippen molar-refractivity contribution in [2.24, 2.45) is 0 Å². The van der Waals surface area contributed by atoms with Gasteiger partial charge in [-0.15, -0.1) is 0 Å². The number of rotatable bonds is 18. The van der Waals surface area contributed by atoms with Gasteiger partial charge in [-0.05, 0) is 6.42 Å². The fourth-order valence-electron chi connectivity index (χ4n) is 2.72. The van der Waals surface area contributed by atoms with Crippen LogP contribution in [-0.2, 0) is 17.8 Å². The minimum absolute atomic E-state index is 0. The van der Waals surface area contributed by atoms with Crippen LogP contribution in [0, 0.1) is 0 Å². The van der Waals surface area contributed by atoms with Gasteiger partial charge in [0.2, 0.25) is 0 Å². The van der Waals surface area contributed by atoms with Gasteiger partial charge in [-0.2, -0.15) is 0 Å². The molecule has 3 N–H and O–H groups in total. The van der Waals surface area contributed by atoms with E-state index in [2.05, 4.69) is 11.0 Å². The highest BCUT2D eigenvalue weighted by Crippen LogP contribution is 2.13. The maximum atomic E-state index is 10.3. The van der Waals surface area contributed by atoms with Crippen LogP contribution in [0.3, 0.4) is 0 Å². The van der Waals surface area contributed by atoms with Gasteiger partial charge in [0.05, 0.1) is 0 Å². The third-order valence-corrected chi connectivity index (χ3v) is 5.57. The number of carbonyl (C=O) groups is 1. The molecule has 0 saturated carbocycles. The normalized spacial score (nSPS) is 9.61. The number of carboxylic acids is 1. The largest absolute Gasteiger partial charge is 0.759 e. The molecule has 0 saturated heterocycles. The average Bonchev–Trinajstić information content (AvgIpc) is 2.57. The van der Waals surface area contributed by atoms with Crippen molar-refractivity contribution in [3.63, 3.8) is 0 Å². The van der Waals surface area contributed by atoms with Crippen molar-refractivity contribution in [1.82, 2.24) is 0 Å². The summed E-state index contributed by atoms with van der Waals surface area (Å²) in [5.41, 5.74) is 0. The van der Waals surface area contributed by atoms with Gasteiger partial charge >= 0.3 is 24.3 Å². The van der Waals surface area contributed by atoms with E-state index in [0.29, 0.717) is 6.42 Å². The number of hydrogen-bond donors (Lipinski definition) is 3. The van der Waals surface area contributed by atoms with E-state index in [4.69, 9.17) is 14.7 Å². The minimum atomic E-state index is -3.20. The number of unbranched alkanes of at least 4 members (excludes halogenated alkanes) is 14. The lowest BCUT2D eigenvalue weighted by Crippen LogP contribution is -2.14. The summed E-state index contributed by atoms with van der Waals surface area (Å²) in [6, 6.07) is 0. The van der Waals surface area contributed by atoms with E-state index in [1.807, 2.05) is 0 Å². The highest BCUT2D eigenvalue weighted by atomic mass is 28.4. The SMILES string of the molecule is CCCCCCCCCCCCCCCCCC(=O)O.O=[Si](O)O[Si](=O)O.[AlH3]. The Morgan fingerprint density at radius 2 is 0.964 bits per heavy atom. The Morgan fingerprint density at radius 1 is 0.679 bits per heavy atom. The summed E-state index contributed by atoms with van der Waals surface area (Å²) < 4.78 is 22.3. The molecule has 0 aromatic carbocycles. The van der Waals surface area contributed by atoms with Crippen LogP contribution in [0.25, 0.3) is 0 Å². The van der Waals surface area contributed by atoms with Gasteiger partial charge in [0, 0.05) is 6.42 Å². The molecule has 0 fully saturated rings. The fourth-order valence-corrected chi connectivity index (χ4v) is 3.32. The zero-order valence-electron chi connectivity index (χ0n) is 16.8. The first-order valence-electron chi connectivity index (χ1n) is 10.3. The highest BCUT2D eigenvalue weighted by Gasteiger charge is 2.12. The van der Waals surface area contributed by atoms with E-state index >= 15 is 0 Å². The second kappa shape index (κ2) is 26.4. The first kappa shape index (κ1) is 32.1. The Bertz CT molecular complexity index is 373. The average molecular weight is 453 g/mol. The Hall–Kier alpha value is -0.564. The Balaban J connectivity index is -0.000000665. The first-order valence-corrected chi connectivity index (χ1v) is 12.8. The smallest absolute Gasteiger partial charge is 0.512 e. The lowest BCUT2D eigenvalue weighted by atomic mass is 10.0. The van der Waals surface area contributed by atoms with Crippen molar-refractivity contribution in [3.8, 4) is 0 Å². The van der Waals surface area contributed by atoms with Gasteiger partial charge < -0.3 is 18.8 Å². The van der Waals surface area contributed by atoms with Gasteiger partial charge in [-0.3, -0.25) is 13.7 Å². The molecular weight excluding hydrogens is 411 g/mol. The van der Waals surface area contributed by atoms with Crippen LogP contribution in [0.15, 0.2) is 0 Å². The van der Waals surface area contributed by atoms with Gasteiger partial charge in [0.25, 0.3) is 0 Å². The zero-order valence-corrected chi connectivity index (χ0v) is 18.8. The lowest BCUT2D eigenvalue weighted by Gasteiger charge is -2.03. The number of carboxylic acid groups (broad SMARTS) is 1. The van der Waals surface area contributed by atoms with Crippen molar-refractivity contribution in [2.75, 3.05) is 0 Å². The van der Waals surface area contributed by atoms with Gasteiger partial charge in [-0.1, -0.05) is 96.8 Å². The van der Waals surface area contributed by atoms with Crippen molar-refractivity contribution in [1.29, 1.82) is 0 Å². The molecule has 0 aliphatic carbocycles. The molecule has 0 aliphatic heterocycles. The summed E-state index contributed by atoms with van der Waals surface area (Å²) in [6.07, 6.45) is 20.2. The Kier molecular flexibility index (Phi) is 30.3. The molecule has 0 atom stereocenters. The van der Waals surface area contributed by atoms with E-state index in [-0.39, 0.29) is 17.4 Å². The molecule has 166 valence electrons. The fraction of sp³-hybridized carbons (Fsp3) is 0.944. The molecule has 28 heavy (non-hydrogen) atoms. The Morgan fingerprint density at radius 3 is 1.18 bits per heavy atom. The minimum Gasteiger partial charge on any atom is -0.512 e. The number of aliphatic carboxylic acids is 1. The zero-order chi connectivity index (χ0) is 20.8. The second-order valence-corrected chi connectivity index (χ2v) is 8.61. The quantitative estimate of drug-likeness (QED) is 0.216. The molecule has 0 unspecified atom stereocenters. The molecule has 0 bridgehead atoms. The van der Waals surface area contributed by atoms with Crippen molar-refractivity contribution in [3.05, 3.63) is 0 Å². The van der Waals surface area contributed by atoms with E-state index in [1.165, 1.54) is 83.5 Å². The third kappa shape index (κ3) is 36.4. The van der Waals surface area contributed by atoms with E-state index in [9.17, 15) is 13.7 Å². The van der Waals surface area contributed by atoms with Crippen molar-refractivity contribution in [2.45, 2.75) is 110 Å². The molecule has 7 nitrogen and oxygen atoms in total. The predicted molar refractivity (Wildman–Crippen MR) is 116 cm³/mol. The molecule has 0 spiro atoms. The molecule has 0 aromatic heterocycles. The second-order valence-electron chi connectivity index (χ2n) is 6.73. The molecule has 0 radical (unpaired) electrons. The van der Waals surface area contributed by atoms with Crippen LogP contribution in [0.5, 0.6) is 0 Å². The summed E-state index contributed by atoms with van der Waals surface area (Å²) in [7, 11) is -6.40. The van der Waals surface area contributed by atoms with Crippen LogP contribution in [0.4, 0.5) is 0 Å². The van der Waals surface area contributed by atoms with Gasteiger partial charge in [0.1, 0.15) is 0 Å². The van der Waals surface area contributed by atoms with Gasteiger partial charge in [0.15, 0.2) is 17.4 Å². The summed E-state index contributed by atoms with van der Waals surface area (Å²) in [6.45, 7) is 2.27. The van der Waals surface area contributed by atoms with Crippen LogP contribution < -0.4 is 0 Å². The molecule has 0 aliphatic rings. The van der Waals surface area contributed by atoms with Crippen LogP contribution >= 0.6 is 0 Å². The monoisotopic (exact) mass is 452 g/mol. The number of hydrogen-bond acceptors (Lipinski definition) is 4. The highest BCUT2D eigenvalue weighted by molar-refractivity contribution is 6.40. The van der Waals surface area contributed by atoms with Crippen molar-refractivity contribution < 1.29 is 32.5 Å². The topological polar surface area (TPSA) is 121 Å². The van der Waals surface area contributed by atoms with E-state index in [0.717, 1.165) is 12.8 Å².